The fourth-order valence-electron chi connectivity index (χ4n) is 3.93. The third-order valence-corrected chi connectivity index (χ3v) is 6.67. The van der Waals surface area contributed by atoms with Crippen molar-refractivity contribution in [2.24, 2.45) is 5.10 Å². The summed E-state index contributed by atoms with van der Waals surface area (Å²) in [7, 11) is 1.62. The van der Waals surface area contributed by atoms with Crippen LogP contribution in [0, 0.1) is 5.82 Å². The number of carbonyl (C=O) groups excluding carboxylic acids is 1. The van der Waals surface area contributed by atoms with E-state index in [4.69, 9.17) is 4.74 Å². The van der Waals surface area contributed by atoms with Gasteiger partial charge in [0.2, 0.25) is 0 Å². The van der Waals surface area contributed by atoms with Crippen molar-refractivity contribution in [2.75, 3.05) is 12.9 Å². The number of methoxy groups -OCH3 is 1. The van der Waals surface area contributed by atoms with Crippen LogP contribution in [-0.2, 0) is 4.79 Å². The Balaban J connectivity index is 1.41. The van der Waals surface area contributed by atoms with E-state index in [0.717, 1.165) is 38.5 Å². The van der Waals surface area contributed by atoms with E-state index in [0.29, 0.717) is 6.42 Å². The Hall–Kier alpha value is -3.78. The summed E-state index contributed by atoms with van der Waals surface area (Å²) in [6.07, 6.45) is 2.04. The van der Waals surface area contributed by atoms with E-state index in [1.807, 2.05) is 48.5 Å². The molecule has 0 unspecified atom stereocenters. The molecule has 1 atom stereocenters. The number of hydrogen-bond acceptors (Lipinski definition) is 6. The molecule has 0 spiro atoms. The molecule has 8 heteroatoms. The second-order valence-electron chi connectivity index (χ2n) is 7.77. The summed E-state index contributed by atoms with van der Waals surface area (Å²) in [4.78, 5) is 22.0. The first-order valence-corrected chi connectivity index (χ1v) is 11.7. The molecule has 0 saturated heterocycles. The van der Waals surface area contributed by atoms with Gasteiger partial charge in [-0.1, -0.05) is 42.1 Å². The van der Waals surface area contributed by atoms with Crippen LogP contribution in [-0.4, -0.2) is 39.5 Å². The van der Waals surface area contributed by atoms with Crippen LogP contribution in [0.2, 0.25) is 0 Å². The summed E-state index contributed by atoms with van der Waals surface area (Å²) in [6.45, 7) is 0. The number of fused-ring (bicyclic) bond motifs is 1. The van der Waals surface area contributed by atoms with Crippen molar-refractivity contribution in [3.05, 3.63) is 96.1 Å². The number of benzene rings is 3. The quantitative estimate of drug-likeness (QED) is 0.283. The molecule has 0 radical (unpaired) electrons. The standard InChI is InChI=1S/C26H21FN4O2S/c1-33-20-12-8-17(9-13-20)23-14-24(18-6-10-19(27)11-7-18)31(30-23)25(32)15-34-26-21-4-2-3-5-22(21)28-16-29-26/h2-13,16,24H,14-15H2,1H3/t24-/m1/s1. The molecule has 2 heterocycles. The molecule has 1 aliphatic rings. The van der Waals surface area contributed by atoms with Gasteiger partial charge in [-0.2, -0.15) is 5.10 Å². The van der Waals surface area contributed by atoms with Gasteiger partial charge in [-0.25, -0.2) is 19.4 Å². The number of rotatable bonds is 6. The zero-order valence-corrected chi connectivity index (χ0v) is 19.2. The predicted octanol–water partition coefficient (Wildman–Crippen LogP) is 5.25. The zero-order valence-electron chi connectivity index (χ0n) is 18.4. The van der Waals surface area contributed by atoms with Gasteiger partial charge in [0, 0.05) is 11.8 Å². The molecule has 1 amide bonds. The van der Waals surface area contributed by atoms with E-state index in [1.54, 1.807) is 19.2 Å². The number of para-hydroxylation sites is 1. The number of halogens is 1. The molecule has 0 bridgehead atoms. The lowest BCUT2D eigenvalue weighted by atomic mass is 9.98. The lowest BCUT2D eigenvalue weighted by Gasteiger charge is -2.22. The van der Waals surface area contributed by atoms with E-state index in [-0.39, 0.29) is 23.5 Å². The van der Waals surface area contributed by atoms with Gasteiger partial charge in [0.05, 0.1) is 30.1 Å². The normalized spacial score (nSPS) is 15.4. The molecule has 4 aromatic rings. The maximum absolute atomic E-state index is 13.5. The molecule has 1 aliphatic heterocycles. The summed E-state index contributed by atoms with van der Waals surface area (Å²) in [6, 6.07) is 21.2. The van der Waals surface area contributed by atoms with Crippen molar-refractivity contribution in [3.8, 4) is 5.75 Å². The number of hydrogen-bond donors (Lipinski definition) is 0. The SMILES string of the molecule is COc1ccc(C2=NN(C(=O)CSc3ncnc4ccccc34)[C@@H](c3ccc(F)cc3)C2)cc1. The van der Waals surface area contributed by atoms with Crippen LogP contribution in [0.25, 0.3) is 10.9 Å². The van der Waals surface area contributed by atoms with Crippen LogP contribution >= 0.6 is 11.8 Å². The number of carbonyl (C=O) groups is 1. The van der Waals surface area contributed by atoms with Crippen LogP contribution in [0.4, 0.5) is 4.39 Å². The Morgan fingerprint density at radius 1 is 1.06 bits per heavy atom. The van der Waals surface area contributed by atoms with Gasteiger partial charge >= 0.3 is 0 Å². The van der Waals surface area contributed by atoms with Crippen LogP contribution in [0.15, 0.2) is 89.3 Å². The molecule has 34 heavy (non-hydrogen) atoms. The second-order valence-corrected chi connectivity index (χ2v) is 8.73. The smallest absolute Gasteiger partial charge is 0.253 e. The molecular formula is C26H21FN4O2S. The summed E-state index contributed by atoms with van der Waals surface area (Å²) in [5.41, 5.74) is 3.37. The minimum atomic E-state index is -0.317. The molecular weight excluding hydrogens is 451 g/mol. The van der Waals surface area contributed by atoms with Crippen molar-refractivity contribution in [1.82, 2.24) is 15.0 Å². The van der Waals surface area contributed by atoms with Gasteiger partial charge in [0.25, 0.3) is 5.91 Å². The van der Waals surface area contributed by atoms with E-state index >= 15 is 0 Å². The number of thioether (sulfide) groups is 1. The summed E-state index contributed by atoms with van der Waals surface area (Å²) in [5.74, 6) is 0.449. The zero-order chi connectivity index (χ0) is 23.5. The van der Waals surface area contributed by atoms with Crippen LogP contribution < -0.4 is 4.74 Å². The highest BCUT2D eigenvalue weighted by atomic mass is 32.2. The van der Waals surface area contributed by atoms with Crippen molar-refractivity contribution >= 4 is 34.3 Å². The molecule has 0 saturated carbocycles. The molecule has 3 aromatic carbocycles. The van der Waals surface area contributed by atoms with Gasteiger partial charge < -0.3 is 4.74 Å². The molecule has 0 fully saturated rings. The molecule has 0 aliphatic carbocycles. The predicted molar refractivity (Wildman–Crippen MR) is 130 cm³/mol. The summed E-state index contributed by atoms with van der Waals surface area (Å²) >= 11 is 1.36. The van der Waals surface area contributed by atoms with Gasteiger partial charge in [0.15, 0.2) is 0 Å². The number of amides is 1. The fraction of sp³-hybridized carbons (Fsp3) is 0.154. The van der Waals surface area contributed by atoms with Crippen LogP contribution in [0.3, 0.4) is 0 Å². The van der Waals surface area contributed by atoms with Gasteiger partial charge in [-0.15, -0.1) is 0 Å². The number of ether oxygens (including phenoxy) is 1. The largest absolute Gasteiger partial charge is 0.497 e. The minimum absolute atomic E-state index is 0.148. The third-order valence-electron chi connectivity index (χ3n) is 5.68. The van der Waals surface area contributed by atoms with Crippen LogP contribution in [0.1, 0.15) is 23.6 Å². The number of aromatic nitrogens is 2. The Morgan fingerprint density at radius 2 is 1.82 bits per heavy atom. The van der Waals surface area contributed by atoms with Crippen LogP contribution in [0.5, 0.6) is 5.75 Å². The first kappa shape index (κ1) is 22.0. The minimum Gasteiger partial charge on any atom is -0.497 e. The van der Waals surface area contributed by atoms with Crippen molar-refractivity contribution in [1.29, 1.82) is 0 Å². The highest BCUT2D eigenvalue weighted by Gasteiger charge is 2.33. The van der Waals surface area contributed by atoms with E-state index in [9.17, 15) is 9.18 Å². The van der Waals surface area contributed by atoms with Gasteiger partial charge in [-0.05, 0) is 53.6 Å². The Labute approximate surface area is 200 Å². The third kappa shape index (κ3) is 4.49. The van der Waals surface area contributed by atoms with Crippen molar-refractivity contribution in [3.63, 3.8) is 0 Å². The lowest BCUT2D eigenvalue weighted by molar-refractivity contribution is -0.130. The maximum Gasteiger partial charge on any atom is 0.253 e. The average Bonchev–Trinajstić information content (AvgIpc) is 3.33. The second kappa shape index (κ2) is 9.61. The van der Waals surface area contributed by atoms with E-state index in [1.165, 1.54) is 35.2 Å². The highest BCUT2D eigenvalue weighted by molar-refractivity contribution is 8.00. The number of hydrazone groups is 1. The van der Waals surface area contributed by atoms with Gasteiger partial charge in [0.1, 0.15) is 22.9 Å². The average molecular weight is 473 g/mol. The summed E-state index contributed by atoms with van der Waals surface area (Å²) in [5, 5.41) is 7.86. The molecule has 170 valence electrons. The molecule has 5 rings (SSSR count). The molecule has 1 aromatic heterocycles. The number of nitrogens with zero attached hydrogens (tertiary/aromatic N) is 4. The molecule has 6 nitrogen and oxygen atoms in total. The van der Waals surface area contributed by atoms with E-state index in [2.05, 4.69) is 15.1 Å². The Bertz CT molecular complexity index is 1350. The maximum atomic E-state index is 13.5. The first-order valence-electron chi connectivity index (χ1n) is 10.7. The van der Waals surface area contributed by atoms with Crippen molar-refractivity contribution < 1.29 is 13.9 Å². The Morgan fingerprint density at radius 3 is 2.59 bits per heavy atom. The topological polar surface area (TPSA) is 67.7 Å². The lowest BCUT2D eigenvalue weighted by Crippen LogP contribution is -2.28. The fourth-order valence-corrected chi connectivity index (χ4v) is 4.78. The van der Waals surface area contributed by atoms with E-state index < -0.39 is 0 Å². The summed E-state index contributed by atoms with van der Waals surface area (Å²) < 4.78 is 18.8. The van der Waals surface area contributed by atoms with Crippen molar-refractivity contribution in [2.45, 2.75) is 17.5 Å². The monoisotopic (exact) mass is 472 g/mol. The van der Waals surface area contributed by atoms with Gasteiger partial charge in [-0.3, -0.25) is 4.79 Å². The molecule has 0 N–H and O–H groups in total. The first-order chi connectivity index (χ1) is 16.6. The highest BCUT2D eigenvalue weighted by Crippen LogP contribution is 2.34. The Kier molecular flexibility index (Phi) is 6.22.